The average Bonchev–Trinajstić information content (AvgIpc) is 3.59. The normalized spacial score (nSPS) is 13.5. The highest BCUT2D eigenvalue weighted by Gasteiger charge is 2.31. The van der Waals surface area contributed by atoms with Crippen molar-refractivity contribution in [3.8, 4) is 11.5 Å². The van der Waals surface area contributed by atoms with Crippen LogP contribution < -0.4 is 15.4 Å². The molecule has 12 heteroatoms. The number of anilines is 2. The van der Waals surface area contributed by atoms with Gasteiger partial charge in [0, 0.05) is 61.0 Å². The van der Waals surface area contributed by atoms with Crippen LogP contribution in [0.3, 0.4) is 0 Å². The Morgan fingerprint density at radius 3 is 2.42 bits per heavy atom. The third-order valence-corrected chi connectivity index (χ3v) is 7.04. The van der Waals surface area contributed by atoms with Crippen molar-refractivity contribution in [1.82, 2.24) is 14.8 Å². The Balaban J connectivity index is 1.27. The van der Waals surface area contributed by atoms with Crippen molar-refractivity contribution in [2.24, 2.45) is 0 Å². The number of rotatable bonds is 9. The van der Waals surface area contributed by atoms with Gasteiger partial charge < -0.3 is 30.2 Å². The van der Waals surface area contributed by atoms with Crippen LogP contribution in [0.15, 0.2) is 79.0 Å². The first-order chi connectivity index (χ1) is 21.4. The fraction of sp³-hybridized carbons (Fsp3) is 0.182. The van der Waals surface area contributed by atoms with Gasteiger partial charge in [-0.25, -0.2) is 0 Å². The fourth-order valence-electron chi connectivity index (χ4n) is 4.64. The summed E-state index contributed by atoms with van der Waals surface area (Å²) in [4.78, 5) is 44.9. The molecule has 1 aliphatic heterocycles. The monoisotopic (exact) mass is 617 g/mol. The lowest BCUT2D eigenvalue weighted by Crippen LogP contribution is -2.33. The lowest BCUT2D eigenvalue weighted by Gasteiger charge is -2.18. The number of nitrogens with one attached hydrogen (secondary N) is 3. The van der Waals surface area contributed by atoms with Gasteiger partial charge in [-0.1, -0.05) is 12.1 Å². The van der Waals surface area contributed by atoms with E-state index in [-0.39, 0.29) is 17.4 Å². The number of aromatic nitrogens is 1. The molecule has 0 atom stereocenters. The zero-order valence-corrected chi connectivity index (χ0v) is 24.7. The van der Waals surface area contributed by atoms with Gasteiger partial charge in [0.1, 0.15) is 11.5 Å². The Morgan fingerprint density at radius 1 is 0.911 bits per heavy atom. The van der Waals surface area contributed by atoms with Crippen LogP contribution in [-0.4, -0.2) is 66.7 Å². The van der Waals surface area contributed by atoms with Crippen molar-refractivity contribution in [3.05, 3.63) is 107 Å². The smallest absolute Gasteiger partial charge is 0.416 e. The molecule has 232 valence electrons. The standard InChI is InChI=1S/C33H30F3N5O4/c1-40(2)12-13-41(3)32(44)21-15-24(37-19-21)17-28-27-11-10-26(18-29(27)39-31(28)43)45-25-9-5-8-23(16-25)38-30(42)20-6-4-7-22(14-20)33(34,35)36/h4-11,14-19,37H,12-13H2,1-3H3,(H,38,42)(H,39,43)/b28-17-. The van der Waals surface area contributed by atoms with Gasteiger partial charge in [0.2, 0.25) is 0 Å². The van der Waals surface area contributed by atoms with Crippen LogP contribution in [0.1, 0.15) is 37.5 Å². The molecule has 45 heavy (non-hydrogen) atoms. The molecule has 1 aromatic heterocycles. The molecule has 3 amide bonds. The van der Waals surface area contributed by atoms with Crippen LogP contribution >= 0.6 is 0 Å². The van der Waals surface area contributed by atoms with E-state index < -0.39 is 17.6 Å². The molecule has 3 aromatic carbocycles. The highest BCUT2D eigenvalue weighted by atomic mass is 19.4. The second-order valence-electron chi connectivity index (χ2n) is 10.8. The molecule has 0 saturated heterocycles. The van der Waals surface area contributed by atoms with E-state index in [9.17, 15) is 27.6 Å². The van der Waals surface area contributed by atoms with E-state index >= 15 is 0 Å². The second kappa shape index (κ2) is 12.7. The summed E-state index contributed by atoms with van der Waals surface area (Å²) in [6.07, 6.45) is -1.28. The molecule has 0 fully saturated rings. The molecule has 1 aliphatic rings. The molecule has 5 rings (SSSR count). The molecule has 4 aromatic rings. The summed E-state index contributed by atoms with van der Waals surface area (Å²) < 4.78 is 45.1. The van der Waals surface area contributed by atoms with Crippen LogP contribution in [0.5, 0.6) is 11.5 Å². The molecule has 3 N–H and O–H groups in total. The third-order valence-electron chi connectivity index (χ3n) is 7.04. The average molecular weight is 618 g/mol. The zero-order valence-electron chi connectivity index (χ0n) is 24.7. The van der Waals surface area contributed by atoms with Gasteiger partial charge in [-0.2, -0.15) is 13.2 Å². The topological polar surface area (TPSA) is 107 Å². The highest BCUT2D eigenvalue weighted by molar-refractivity contribution is 6.35. The number of halogens is 3. The first kappa shape index (κ1) is 31.1. The van der Waals surface area contributed by atoms with Gasteiger partial charge >= 0.3 is 6.18 Å². The Labute approximate surface area is 257 Å². The summed E-state index contributed by atoms with van der Waals surface area (Å²) in [5, 5.41) is 5.41. The van der Waals surface area contributed by atoms with Gasteiger partial charge in [0.05, 0.1) is 22.4 Å². The van der Waals surface area contributed by atoms with Gasteiger partial charge in [-0.05, 0) is 68.7 Å². The minimum atomic E-state index is -4.56. The predicted molar refractivity (Wildman–Crippen MR) is 165 cm³/mol. The van der Waals surface area contributed by atoms with Crippen LogP contribution in [0.2, 0.25) is 0 Å². The molecule has 0 aliphatic carbocycles. The number of ether oxygens (including phenoxy) is 1. The summed E-state index contributed by atoms with van der Waals surface area (Å²) in [6, 6.07) is 17.3. The number of carbonyl (C=O) groups is 3. The molecule has 9 nitrogen and oxygen atoms in total. The number of alkyl halides is 3. The van der Waals surface area contributed by atoms with Gasteiger partial charge in [-0.15, -0.1) is 0 Å². The SMILES string of the molecule is CN(C)CCN(C)C(=O)c1c[nH]c(/C=C2\C(=O)Nc3cc(Oc4cccc(NC(=O)c5cccc(C(F)(F)F)c5)c4)ccc32)c1. The van der Waals surface area contributed by atoms with E-state index in [1.807, 2.05) is 19.0 Å². The quantitative estimate of drug-likeness (QED) is 0.194. The first-order valence-corrected chi connectivity index (χ1v) is 13.9. The van der Waals surface area contributed by atoms with Crippen molar-refractivity contribution in [1.29, 1.82) is 0 Å². The number of amides is 3. The lowest BCUT2D eigenvalue weighted by atomic mass is 10.1. The number of H-pyrrole nitrogens is 1. The number of fused-ring (bicyclic) bond motifs is 1. The number of benzene rings is 3. The second-order valence-corrected chi connectivity index (χ2v) is 10.8. The van der Waals surface area contributed by atoms with Crippen molar-refractivity contribution in [3.63, 3.8) is 0 Å². The number of aromatic amines is 1. The maximum Gasteiger partial charge on any atom is 0.416 e. The van der Waals surface area contributed by atoms with Gasteiger partial charge in [0.25, 0.3) is 17.7 Å². The van der Waals surface area contributed by atoms with Crippen molar-refractivity contribution in [2.75, 3.05) is 44.9 Å². The molecular formula is C33H30F3N5O4. The van der Waals surface area contributed by atoms with Crippen molar-refractivity contribution in [2.45, 2.75) is 6.18 Å². The van der Waals surface area contributed by atoms with E-state index in [1.54, 1.807) is 66.7 Å². The Morgan fingerprint density at radius 2 is 1.67 bits per heavy atom. The number of hydrogen-bond donors (Lipinski definition) is 3. The number of hydrogen-bond acceptors (Lipinski definition) is 5. The molecule has 0 spiro atoms. The Bertz CT molecular complexity index is 1790. The maximum absolute atomic E-state index is 13.0. The summed E-state index contributed by atoms with van der Waals surface area (Å²) in [5.41, 5.74) is 1.95. The van der Waals surface area contributed by atoms with Gasteiger partial charge in [-0.3, -0.25) is 14.4 Å². The lowest BCUT2D eigenvalue weighted by molar-refractivity contribution is -0.137. The highest BCUT2D eigenvalue weighted by Crippen LogP contribution is 2.37. The van der Waals surface area contributed by atoms with E-state index in [4.69, 9.17) is 4.74 Å². The Hall–Kier alpha value is -5.36. The molecule has 0 radical (unpaired) electrons. The maximum atomic E-state index is 13.0. The van der Waals surface area contributed by atoms with Crippen LogP contribution in [0, 0.1) is 0 Å². The van der Waals surface area contributed by atoms with Crippen molar-refractivity contribution < 1.29 is 32.3 Å². The molecule has 0 saturated carbocycles. The first-order valence-electron chi connectivity index (χ1n) is 13.9. The summed E-state index contributed by atoms with van der Waals surface area (Å²) in [7, 11) is 5.62. The molecule has 2 heterocycles. The van der Waals surface area contributed by atoms with E-state index in [0.717, 1.165) is 18.7 Å². The summed E-state index contributed by atoms with van der Waals surface area (Å²) in [5.74, 6) is -0.379. The van der Waals surface area contributed by atoms with E-state index in [1.165, 1.54) is 18.2 Å². The summed E-state index contributed by atoms with van der Waals surface area (Å²) >= 11 is 0. The number of carbonyl (C=O) groups excluding carboxylic acids is 3. The fourth-order valence-corrected chi connectivity index (χ4v) is 4.64. The minimum absolute atomic E-state index is 0.130. The third kappa shape index (κ3) is 7.42. The number of likely N-dealkylation sites (N-methyl/N-ethyl adjacent to an activating group) is 2. The van der Waals surface area contributed by atoms with E-state index in [2.05, 4.69) is 15.6 Å². The van der Waals surface area contributed by atoms with Crippen LogP contribution in [-0.2, 0) is 11.0 Å². The largest absolute Gasteiger partial charge is 0.457 e. The Kier molecular flexibility index (Phi) is 8.77. The van der Waals surface area contributed by atoms with Crippen molar-refractivity contribution >= 4 is 40.7 Å². The van der Waals surface area contributed by atoms with Crippen LogP contribution in [0.25, 0.3) is 11.6 Å². The number of nitrogens with zero attached hydrogens (tertiary/aromatic N) is 2. The zero-order chi connectivity index (χ0) is 32.3. The van der Waals surface area contributed by atoms with Crippen LogP contribution in [0.4, 0.5) is 24.5 Å². The predicted octanol–water partition coefficient (Wildman–Crippen LogP) is 6.20. The summed E-state index contributed by atoms with van der Waals surface area (Å²) in [6.45, 7) is 1.31. The molecule has 0 unspecified atom stereocenters. The van der Waals surface area contributed by atoms with E-state index in [0.29, 0.717) is 51.8 Å². The minimum Gasteiger partial charge on any atom is -0.457 e. The van der Waals surface area contributed by atoms with Gasteiger partial charge in [0.15, 0.2) is 0 Å². The molecular weight excluding hydrogens is 587 g/mol. The molecule has 0 bridgehead atoms.